The van der Waals surface area contributed by atoms with E-state index >= 15 is 0 Å². The molecule has 0 fully saturated rings. The van der Waals surface area contributed by atoms with Crippen LogP contribution in [0.1, 0.15) is 30.7 Å². The van der Waals surface area contributed by atoms with Gasteiger partial charge in [0.15, 0.2) is 0 Å². The average molecular weight is 214 g/mol. The summed E-state index contributed by atoms with van der Waals surface area (Å²) >= 11 is 0. The van der Waals surface area contributed by atoms with Crippen LogP contribution in [0.2, 0.25) is 0 Å². The number of para-hydroxylation sites is 1. The van der Waals surface area contributed by atoms with Gasteiger partial charge in [0, 0.05) is 28.7 Å². The van der Waals surface area contributed by atoms with E-state index in [1.807, 2.05) is 0 Å². The van der Waals surface area contributed by atoms with Crippen LogP contribution in [0.15, 0.2) is 18.2 Å². The van der Waals surface area contributed by atoms with E-state index in [1.165, 1.54) is 27.7 Å². The maximum atomic E-state index is 3.56. The summed E-state index contributed by atoms with van der Waals surface area (Å²) in [5.74, 6) is 0. The van der Waals surface area contributed by atoms with Crippen LogP contribution >= 0.6 is 0 Å². The molecule has 0 radical (unpaired) electrons. The summed E-state index contributed by atoms with van der Waals surface area (Å²) in [5.41, 5.74) is 5.73. The van der Waals surface area contributed by atoms with Crippen molar-refractivity contribution in [3.8, 4) is 0 Å². The van der Waals surface area contributed by atoms with E-state index in [-0.39, 0.29) is 5.54 Å². The quantitative estimate of drug-likeness (QED) is 0.693. The van der Waals surface area contributed by atoms with Gasteiger partial charge < -0.3 is 10.3 Å². The molecular weight excluding hydrogens is 196 g/mol. The van der Waals surface area contributed by atoms with E-state index in [1.54, 1.807) is 0 Å². The first kappa shape index (κ1) is 9.91. The summed E-state index contributed by atoms with van der Waals surface area (Å²) in [6, 6.07) is 6.56. The summed E-state index contributed by atoms with van der Waals surface area (Å²) in [6.07, 6.45) is 1.10. The molecule has 2 nitrogen and oxygen atoms in total. The highest BCUT2D eigenvalue weighted by Gasteiger charge is 2.27. The lowest BCUT2D eigenvalue weighted by Gasteiger charge is -2.31. The molecule has 3 rings (SSSR count). The van der Waals surface area contributed by atoms with Gasteiger partial charge in [0.2, 0.25) is 0 Å². The molecule has 0 aliphatic carbocycles. The van der Waals surface area contributed by atoms with Crippen molar-refractivity contribution in [3.63, 3.8) is 0 Å². The van der Waals surface area contributed by atoms with E-state index in [0.717, 1.165) is 13.0 Å². The predicted octanol–water partition coefficient (Wildman–Crippen LogP) is 2.90. The second-order valence-corrected chi connectivity index (χ2v) is 5.49. The van der Waals surface area contributed by atoms with Crippen molar-refractivity contribution in [1.82, 2.24) is 10.3 Å². The van der Waals surface area contributed by atoms with E-state index in [2.05, 4.69) is 49.3 Å². The summed E-state index contributed by atoms with van der Waals surface area (Å²) in [7, 11) is 0. The summed E-state index contributed by atoms with van der Waals surface area (Å²) in [4.78, 5) is 3.56. The second-order valence-electron chi connectivity index (χ2n) is 5.49. The molecule has 0 unspecified atom stereocenters. The number of hydrogen-bond donors (Lipinski definition) is 2. The molecule has 16 heavy (non-hydrogen) atoms. The third-order valence-corrected chi connectivity index (χ3v) is 3.60. The lowest BCUT2D eigenvalue weighted by molar-refractivity contribution is 0.361. The van der Waals surface area contributed by atoms with Gasteiger partial charge in [-0.05, 0) is 38.3 Å². The van der Waals surface area contributed by atoms with Crippen molar-refractivity contribution >= 4 is 10.9 Å². The molecule has 1 aromatic heterocycles. The average Bonchev–Trinajstić information content (AvgIpc) is 2.57. The largest absolute Gasteiger partial charge is 0.357 e. The summed E-state index contributed by atoms with van der Waals surface area (Å²) in [6.45, 7) is 7.66. The van der Waals surface area contributed by atoms with E-state index < -0.39 is 0 Å². The number of aryl methyl sites for hydroxylation is 1. The number of hydrogen-bond acceptors (Lipinski definition) is 1. The molecule has 1 aliphatic rings. The third-order valence-electron chi connectivity index (χ3n) is 3.60. The van der Waals surface area contributed by atoms with Gasteiger partial charge in [-0.25, -0.2) is 0 Å². The summed E-state index contributed by atoms with van der Waals surface area (Å²) in [5, 5.41) is 4.97. The molecule has 2 aromatic rings. The molecule has 0 saturated carbocycles. The van der Waals surface area contributed by atoms with Gasteiger partial charge >= 0.3 is 0 Å². The minimum absolute atomic E-state index is 0.214. The standard InChI is InChI=1S/C14H18N2/c1-9-5-4-6-10-11-7-14(2,3)15-8-12(11)16-13(9)10/h4-6,15-16H,7-8H2,1-3H3. The number of rotatable bonds is 0. The second kappa shape index (κ2) is 3.11. The molecule has 2 heterocycles. The number of benzene rings is 1. The Hall–Kier alpha value is -1.28. The highest BCUT2D eigenvalue weighted by molar-refractivity contribution is 5.87. The lowest BCUT2D eigenvalue weighted by Crippen LogP contribution is -2.44. The molecule has 2 heteroatoms. The SMILES string of the molecule is Cc1cccc2c3c([nH]c12)CNC(C)(C)C3. The van der Waals surface area contributed by atoms with Crippen molar-refractivity contribution < 1.29 is 0 Å². The van der Waals surface area contributed by atoms with Crippen LogP contribution in [0.25, 0.3) is 10.9 Å². The Balaban J connectivity index is 2.26. The van der Waals surface area contributed by atoms with Gasteiger partial charge in [0.1, 0.15) is 0 Å². The smallest absolute Gasteiger partial charge is 0.0489 e. The molecule has 0 bridgehead atoms. The van der Waals surface area contributed by atoms with Crippen LogP contribution in [0, 0.1) is 6.92 Å². The molecule has 0 saturated heterocycles. The van der Waals surface area contributed by atoms with Crippen molar-refractivity contribution in [1.29, 1.82) is 0 Å². The summed E-state index contributed by atoms with van der Waals surface area (Å²) < 4.78 is 0. The molecule has 0 amide bonds. The van der Waals surface area contributed by atoms with Crippen LogP contribution < -0.4 is 5.32 Å². The van der Waals surface area contributed by atoms with Crippen LogP contribution in [0.3, 0.4) is 0 Å². The normalized spacial score (nSPS) is 18.7. The van der Waals surface area contributed by atoms with Crippen molar-refractivity contribution in [2.24, 2.45) is 0 Å². The van der Waals surface area contributed by atoms with Crippen LogP contribution in [-0.2, 0) is 13.0 Å². The van der Waals surface area contributed by atoms with Gasteiger partial charge in [-0.15, -0.1) is 0 Å². The van der Waals surface area contributed by atoms with Crippen LogP contribution in [0.5, 0.6) is 0 Å². The molecule has 2 N–H and O–H groups in total. The highest BCUT2D eigenvalue weighted by atomic mass is 15.0. The van der Waals surface area contributed by atoms with Gasteiger partial charge in [0.05, 0.1) is 0 Å². The van der Waals surface area contributed by atoms with Gasteiger partial charge in [-0.2, -0.15) is 0 Å². The molecule has 0 spiro atoms. The van der Waals surface area contributed by atoms with Gasteiger partial charge in [-0.3, -0.25) is 0 Å². The minimum Gasteiger partial charge on any atom is -0.357 e. The van der Waals surface area contributed by atoms with Crippen LogP contribution in [-0.4, -0.2) is 10.5 Å². The van der Waals surface area contributed by atoms with Crippen molar-refractivity contribution in [3.05, 3.63) is 35.0 Å². The zero-order valence-electron chi connectivity index (χ0n) is 10.1. The number of nitrogens with one attached hydrogen (secondary N) is 2. The van der Waals surface area contributed by atoms with Gasteiger partial charge in [-0.1, -0.05) is 18.2 Å². The minimum atomic E-state index is 0.214. The molecule has 0 atom stereocenters. The molecule has 1 aliphatic heterocycles. The van der Waals surface area contributed by atoms with Gasteiger partial charge in [0.25, 0.3) is 0 Å². The number of fused-ring (bicyclic) bond motifs is 3. The molecule has 1 aromatic carbocycles. The fourth-order valence-electron chi connectivity index (χ4n) is 2.66. The van der Waals surface area contributed by atoms with Crippen molar-refractivity contribution in [2.75, 3.05) is 0 Å². The highest BCUT2D eigenvalue weighted by Crippen LogP contribution is 2.31. The monoisotopic (exact) mass is 214 g/mol. The third kappa shape index (κ3) is 1.37. The molecule has 84 valence electrons. The fraction of sp³-hybridized carbons (Fsp3) is 0.429. The van der Waals surface area contributed by atoms with E-state index in [9.17, 15) is 0 Å². The number of aromatic amines is 1. The Labute approximate surface area is 96.1 Å². The fourth-order valence-corrected chi connectivity index (χ4v) is 2.66. The zero-order chi connectivity index (χ0) is 11.3. The Morgan fingerprint density at radius 3 is 2.88 bits per heavy atom. The Morgan fingerprint density at radius 1 is 1.25 bits per heavy atom. The number of H-pyrrole nitrogens is 1. The van der Waals surface area contributed by atoms with E-state index in [0.29, 0.717) is 0 Å². The lowest BCUT2D eigenvalue weighted by atomic mass is 9.89. The van der Waals surface area contributed by atoms with E-state index in [4.69, 9.17) is 0 Å². The topological polar surface area (TPSA) is 27.8 Å². The zero-order valence-corrected chi connectivity index (χ0v) is 10.1. The van der Waals surface area contributed by atoms with Crippen molar-refractivity contribution in [2.45, 2.75) is 39.3 Å². The molecular formula is C14H18N2. The Morgan fingerprint density at radius 2 is 2.06 bits per heavy atom. The predicted molar refractivity (Wildman–Crippen MR) is 67.7 cm³/mol. The maximum Gasteiger partial charge on any atom is 0.0489 e. The maximum absolute atomic E-state index is 3.56. The Kier molecular flexibility index (Phi) is 1.93. The first-order valence-electron chi connectivity index (χ1n) is 5.91. The first-order valence-corrected chi connectivity index (χ1v) is 5.91. The Bertz CT molecular complexity index is 549. The first-order chi connectivity index (χ1) is 7.57. The van der Waals surface area contributed by atoms with Crippen LogP contribution in [0.4, 0.5) is 0 Å². The number of aromatic nitrogens is 1.